The Morgan fingerprint density at radius 2 is 1.75 bits per heavy atom. The minimum atomic E-state index is -0.184. The van der Waals surface area contributed by atoms with Crippen molar-refractivity contribution >= 4 is 6.08 Å². The summed E-state index contributed by atoms with van der Waals surface area (Å²) in [5.74, 6) is 0.353. The summed E-state index contributed by atoms with van der Waals surface area (Å²) in [6.45, 7) is 4.22. The SMILES string of the molecule is CC(C)C=Cc1ccc(F)cc1. The molecule has 0 saturated carbocycles. The van der Waals surface area contributed by atoms with Crippen LogP contribution < -0.4 is 0 Å². The zero-order chi connectivity index (χ0) is 8.97. The number of halogens is 1. The normalized spacial score (nSPS) is 11.3. The third-order valence-electron chi connectivity index (χ3n) is 1.54. The van der Waals surface area contributed by atoms with E-state index >= 15 is 0 Å². The van der Waals surface area contributed by atoms with Crippen molar-refractivity contribution in [2.24, 2.45) is 5.92 Å². The Morgan fingerprint density at radius 3 is 2.25 bits per heavy atom. The smallest absolute Gasteiger partial charge is 0.123 e. The van der Waals surface area contributed by atoms with E-state index in [9.17, 15) is 4.39 Å². The van der Waals surface area contributed by atoms with Crippen LogP contribution >= 0.6 is 0 Å². The molecule has 0 amide bonds. The molecule has 1 aromatic carbocycles. The Labute approximate surface area is 72.7 Å². The van der Waals surface area contributed by atoms with Crippen molar-refractivity contribution < 1.29 is 4.39 Å². The van der Waals surface area contributed by atoms with E-state index in [2.05, 4.69) is 19.9 Å². The maximum Gasteiger partial charge on any atom is 0.123 e. The van der Waals surface area contributed by atoms with Crippen LogP contribution in [-0.4, -0.2) is 0 Å². The standard InChI is InChI=1S/C11H13F/c1-9(2)3-4-10-5-7-11(12)8-6-10/h3-9H,1-2H3. The molecule has 12 heavy (non-hydrogen) atoms. The third kappa shape index (κ3) is 2.87. The topological polar surface area (TPSA) is 0 Å². The molecule has 0 heterocycles. The molecule has 0 aromatic heterocycles. The number of allylic oxidation sites excluding steroid dienone is 1. The summed E-state index contributed by atoms with van der Waals surface area (Å²) in [4.78, 5) is 0. The molecule has 0 aliphatic rings. The van der Waals surface area contributed by atoms with Gasteiger partial charge in [-0.15, -0.1) is 0 Å². The lowest BCUT2D eigenvalue weighted by molar-refractivity contribution is 0.628. The van der Waals surface area contributed by atoms with Crippen LogP contribution in [0.2, 0.25) is 0 Å². The molecule has 0 nitrogen and oxygen atoms in total. The molecular weight excluding hydrogens is 151 g/mol. The van der Waals surface area contributed by atoms with Crippen LogP contribution in [0.4, 0.5) is 4.39 Å². The summed E-state index contributed by atoms with van der Waals surface area (Å²) in [6.07, 6.45) is 4.09. The first kappa shape index (κ1) is 8.98. The predicted molar refractivity (Wildman–Crippen MR) is 50.3 cm³/mol. The molecule has 0 unspecified atom stereocenters. The molecular formula is C11H13F. The van der Waals surface area contributed by atoms with Gasteiger partial charge in [0.15, 0.2) is 0 Å². The Bertz CT molecular complexity index is 257. The molecule has 0 aliphatic carbocycles. The molecule has 0 N–H and O–H groups in total. The second kappa shape index (κ2) is 4.05. The average Bonchev–Trinajstić information content (AvgIpc) is 2.03. The number of hydrogen-bond donors (Lipinski definition) is 0. The van der Waals surface area contributed by atoms with E-state index in [0.29, 0.717) is 5.92 Å². The first-order valence-corrected chi connectivity index (χ1v) is 4.12. The second-order valence-electron chi connectivity index (χ2n) is 3.15. The fourth-order valence-corrected chi connectivity index (χ4v) is 0.877. The van der Waals surface area contributed by atoms with Crippen LogP contribution in [0.5, 0.6) is 0 Å². The monoisotopic (exact) mass is 164 g/mol. The minimum absolute atomic E-state index is 0.184. The van der Waals surface area contributed by atoms with Gasteiger partial charge in [0.2, 0.25) is 0 Å². The van der Waals surface area contributed by atoms with E-state index in [1.807, 2.05) is 6.08 Å². The second-order valence-corrected chi connectivity index (χ2v) is 3.15. The molecule has 0 aliphatic heterocycles. The minimum Gasteiger partial charge on any atom is -0.207 e. The highest BCUT2D eigenvalue weighted by Crippen LogP contribution is 2.06. The van der Waals surface area contributed by atoms with E-state index in [1.54, 1.807) is 12.1 Å². The summed E-state index contributed by atoms with van der Waals surface area (Å²) >= 11 is 0. The molecule has 0 bridgehead atoms. The van der Waals surface area contributed by atoms with Gasteiger partial charge in [0.1, 0.15) is 5.82 Å². The van der Waals surface area contributed by atoms with Gasteiger partial charge >= 0.3 is 0 Å². The summed E-state index contributed by atoms with van der Waals surface area (Å²) in [6, 6.07) is 6.49. The van der Waals surface area contributed by atoms with Gasteiger partial charge in [-0.25, -0.2) is 4.39 Å². The van der Waals surface area contributed by atoms with Gasteiger partial charge < -0.3 is 0 Å². The van der Waals surface area contributed by atoms with Crippen molar-refractivity contribution in [1.82, 2.24) is 0 Å². The van der Waals surface area contributed by atoms with Gasteiger partial charge in [-0.05, 0) is 23.6 Å². The van der Waals surface area contributed by atoms with E-state index in [0.717, 1.165) is 5.56 Å². The van der Waals surface area contributed by atoms with Gasteiger partial charge in [-0.2, -0.15) is 0 Å². The van der Waals surface area contributed by atoms with E-state index < -0.39 is 0 Å². The van der Waals surface area contributed by atoms with E-state index in [1.165, 1.54) is 12.1 Å². The van der Waals surface area contributed by atoms with Crippen LogP contribution in [0.25, 0.3) is 6.08 Å². The molecule has 1 rings (SSSR count). The summed E-state index contributed by atoms with van der Waals surface area (Å²) in [5.41, 5.74) is 1.05. The fourth-order valence-electron chi connectivity index (χ4n) is 0.877. The summed E-state index contributed by atoms with van der Waals surface area (Å²) in [7, 11) is 0. The number of hydrogen-bond acceptors (Lipinski definition) is 0. The molecule has 0 radical (unpaired) electrons. The molecule has 0 atom stereocenters. The molecule has 1 aromatic rings. The summed E-state index contributed by atoms with van der Waals surface area (Å²) < 4.78 is 12.5. The third-order valence-corrected chi connectivity index (χ3v) is 1.54. The van der Waals surface area contributed by atoms with Crippen molar-refractivity contribution in [2.45, 2.75) is 13.8 Å². The Balaban J connectivity index is 2.71. The van der Waals surface area contributed by atoms with Crippen molar-refractivity contribution in [2.75, 3.05) is 0 Å². The number of benzene rings is 1. The first-order chi connectivity index (χ1) is 5.68. The Hall–Kier alpha value is -1.11. The zero-order valence-corrected chi connectivity index (χ0v) is 7.42. The lowest BCUT2D eigenvalue weighted by Gasteiger charge is -1.95. The average molecular weight is 164 g/mol. The molecule has 0 fully saturated rings. The van der Waals surface area contributed by atoms with Crippen molar-refractivity contribution in [3.63, 3.8) is 0 Å². The molecule has 0 spiro atoms. The predicted octanol–water partition coefficient (Wildman–Crippen LogP) is 3.49. The Morgan fingerprint density at radius 1 is 1.17 bits per heavy atom. The van der Waals surface area contributed by atoms with Crippen molar-refractivity contribution in [3.05, 3.63) is 41.7 Å². The van der Waals surface area contributed by atoms with E-state index in [-0.39, 0.29) is 5.82 Å². The van der Waals surface area contributed by atoms with Crippen LogP contribution in [0.3, 0.4) is 0 Å². The van der Waals surface area contributed by atoms with E-state index in [4.69, 9.17) is 0 Å². The molecule has 0 saturated heterocycles. The highest BCUT2D eigenvalue weighted by Gasteiger charge is 1.89. The van der Waals surface area contributed by atoms with Crippen LogP contribution in [0.15, 0.2) is 30.3 Å². The highest BCUT2D eigenvalue weighted by molar-refractivity contribution is 5.48. The number of rotatable bonds is 2. The molecule has 1 heteroatoms. The quantitative estimate of drug-likeness (QED) is 0.627. The van der Waals surface area contributed by atoms with Crippen molar-refractivity contribution in [1.29, 1.82) is 0 Å². The first-order valence-electron chi connectivity index (χ1n) is 4.12. The lowest BCUT2D eigenvalue weighted by atomic mass is 10.1. The highest BCUT2D eigenvalue weighted by atomic mass is 19.1. The summed E-state index contributed by atoms with van der Waals surface area (Å²) in [5, 5.41) is 0. The largest absolute Gasteiger partial charge is 0.207 e. The van der Waals surface area contributed by atoms with Gasteiger partial charge in [0.25, 0.3) is 0 Å². The lowest BCUT2D eigenvalue weighted by Crippen LogP contribution is -1.78. The van der Waals surface area contributed by atoms with Gasteiger partial charge in [-0.3, -0.25) is 0 Å². The maximum absolute atomic E-state index is 12.5. The zero-order valence-electron chi connectivity index (χ0n) is 7.42. The maximum atomic E-state index is 12.5. The van der Waals surface area contributed by atoms with Crippen LogP contribution in [0, 0.1) is 11.7 Å². The molecule has 64 valence electrons. The van der Waals surface area contributed by atoms with Gasteiger partial charge in [-0.1, -0.05) is 38.1 Å². The van der Waals surface area contributed by atoms with Crippen molar-refractivity contribution in [3.8, 4) is 0 Å². The fraction of sp³-hybridized carbons (Fsp3) is 0.273. The van der Waals surface area contributed by atoms with Gasteiger partial charge in [0, 0.05) is 0 Å². The van der Waals surface area contributed by atoms with Crippen LogP contribution in [-0.2, 0) is 0 Å². The van der Waals surface area contributed by atoms with Gasteiger partial charge in [0.05, 0.1) is 0 Å². The Kier molecular flexibility index (Phi) is 3.03. The van der Waals surface area contributed by atoms with Crippen LogP contribution in [0.1, 0.15) is 19.4 Å².